The van der Waals surface area contributed by atoms with E-state index in [-0.39, 0.29) is 0 Å². The first kappa shape index (κ1) is 18.1. The van der Waals surface area contributed by atoms with Crippen LogP contribution in [0.15, 0.2) is 42.5 Å². The van der Waals surface area contributed by atoms with Crippen molar-refractivity contribution >= 4 is 28.9 Å². The summed E-state index contributed by atoms with van der Waals surface area (Å²) >= 11 is 12.3. The lowest BCUT2D eigenvalue weighted by atomic mass is 10.0. The molecular formula is C20H21Cl2N3. The first-order valence-electron chi connectivity index (χ1n) is 8.56. The maximum atomic E-state index is 8.96. The van der Waals surface area contributed by atoms with Gasteiger partial charge in [0.15, 0.2) is 0 Å². The standard InChI is InChI=1S/C20H21Cl2N3/c1-2-19(16-5-3-15(14-23)4-6-16)24-9-11-25(12-10-24)20-8-7-17(21)13-18(20)22/h3-8,13,19H,2,9-12H2,1H3. The van der Waals surface area contributed by atoms with Gasteiger partial charge in [0.1, 0.15) is 0 Å². The van der Waals surface area contributed by atoms with Crippen molar-refractivity contribution in [2.45, 2.75) is 19.4 Å². The minimum absolute atomic E-state index is 0.385. The molecule has 1 aliphatic rings. The van der Waals surface area contributed by atoms with Crippen LogP contribution in [0, 0.1) is 11.3 Å². The van der Waals surface area contributed by atoms with Crippen LogP contribution in [-0.4, -0.2) is 31.1 Å². The van der Waals surface area contributed by atoms with Crippen LogP contribution >= 0.6 is 23.2 Å². The normalized spacial score (nSPS) is 16.5. The summed E-state index contributed by atoms with van der Waals surface area (Å²) < 4.78 is 0. The molecule has 25 heavy (non-hydrogen) atoms. The molecule has 0 N–H and O–H groups in total. The smallest absolute Gasteiger partial charge is 0.0991 e. The van der Waals surface area contributed by atoms with Gasteiger partial charge in [-0.1, -0.05) is 42.3 Å². The Bertz CT molecular complexity index is 760. The number of anilines is 1. The summed E-state index contributed by atoms with van der Waals surface area (Å²) in [5.74, 6) is 0. The number of benzene rings is 2. The van der Waals surface area contributed by atoms with Gasteiger partial charge in [0.05, 0.1) is 22.3 Å². The van der Waals surface area contributed by atoms with E-state index >= 15 is 0 Å². The average Bonchev–Trinajstić information content (AvgIpc) is 2.64. The lowest BCUT2D eigenvalue weighted by Crippen LogP contribution is -2.47. The fraction of sp³-hybridized carbons (Fsp3) is 0.350. The van der Waals surface area contributed by atoms with E-state index < -0.39 is 0 Å². The number of rotatable bonds is 4. The molecule has 2 aromatic rings. The molecule has 3 rings (SSSR count). The van der Waals surface area contributed by atoms with Crippen LogP contribution in [0.3, 0.4) is 0 Å². The number of hydrogen-bond acceptors (Lipinski definition) is 3. The molecule has 0 saturated carbocycles. The zero-order chi connectivity index (χ0) is 17.8. The number of halogens is 2. The summed E-state index contributed by atoms with van der Waals surface area (Å²) in [4.78, 5) is 4.84. The van der Waals surface area contributed by atoms with E-state index in [1.807, 2.05) is 24.3 Å². The van der Waals surface area contributed by atoms with Crippen LogP contribution in [0.4, 0.5) is 5.69 Å². The fourth-order valence-electron chi connectivity index (χ4n) is 3.50. The molecule has 1 saturated heterocycles. The van der Waals surface area contributed by atoms with E-state index in [0.29, 0.717) is 21.7 Å². The lowest BCUT2D eigenvalue weighted by Gasteiger charge is -2.40. The highest BCUT2D eigenvalue weighted by molar-refractivity contribution is 6.36. The Balaban J connectivity index is 1.68. The molecule has 1 heterocycles. The van der Waals surface area contributed by atoms with Crippen molar-refractivity contribution in [1.82, 2.24) is 4.90 Å². The average molecular weight is 374 g/mol. The number of piperazine rings is 1. The summed E-state index contributed by atoms with van der Waals surface area (Å²) in [5.41, 5.74) is 3.04. The maximum absolute atomic E-state index is 8.96. The van der Waals surface area contributed by atoms with Crippen molar-refractivity contribution < 1.29 is 0 Å². The predicted molar refractivity (Wildman–Crippen MR) is 104 cm³/mol. The highest BCUT2D eigenvalue weighted by atomic mass is 35.5. The molecule has 0 aliphatic carbocycles. The zero-order valence-corrected chi connectivity index (χ0v) is 15.8. The third kappa shape index (κ3) is 4.10. The summed E-state index contributed by atoms with van der Waals surface area (Å²) in [6, 6.07) is 16.2. The Labute approximate surface area is 159 Å². The SMILES string of the molecule is CCC(c1ccc(C#N)cc1)N1CCN(c2ccc(Cl)cc2Cl)CC1. The van der Waals surface area contributed by atoms with Crippen LogP contribution in [0.2, 0.25) is 10.0 Å². The molecular weight excluding hydrogens is 353 g/mol. The topological polar surface area (TPSA) is 30.3 Å². The van der Waals surface area contributed by atoms with Gasteiger partial charge in [-0.15, -0.1) is 0 Å². The summed E-state index contributed by atoms with van der Waals surface area (Å²) in [6.45, 7) is 6.06. The number of hydrogen-bond donors (Lipinski definition) is 0. The van der Waals surface area contributed by atoms with Gasteiger partial charge in [0, 0.05) is 37.2 Å². The van der Waals surface area contributed by atoms with Gasteiger partial charge in [-0.05, 0) is 42.3 Å². The Kier molecular flexibility index (Phi) is 5.86. The quantitative estimate of drug-likeness (QED) is 0.743. The largest absolute Gasteiger partial charge is 0.368 e. The number of nitriles is 1. The molecule has 1 fully saturated rings. The molecule has 0 radical (unpaired) electrons. The van der Waals surface area contributed by atoms with Gasteiger partial charge in [-0.2, -0.15) is 5.26 Å². The molecule has 3 nitrogen and oxygen atoms in total. The van der Waals surface area contributed by atoms with E-state index in [1.54, 1.807) is 6.07 Å². The predicted octanol–water partition coefficient (Wildman–Crippen LogP) is 5.14. The van der Waals surface area contributed by atoms with Crippen molar-refractivity contribution in [1.29, 1.82) is 5.26 Å². The molecule has 2 aromatic carbocycles. The highest BCUT2D eigenvalue weighted by Crippen LogP contribution is 2.31. The maximum Gasteiger partial charge on any atom is 0.0991 e. The lowest BCUT2D eigenvalue weighted by molar-refractivity contribution is 0.181. The van der Waals surface area contributed by atoms with Gasteiger partial charge < -0.3 is 4.90 Å². The van der Waals surface area contributed by atoms with Gasteiger partial charge in [-0.3, -0.25) is 4.90 Å². The second-order valence-corrected chi connectivity index (χ2v) is 7.12. The van der Waals surface area contributed by atoms with E-state index in [4.69, 9.17) is 28.5 Å². The third-order valence-electron chi connectivity index (χ3n) is 4.82. The minimum atomic E-state index is 0.385. The molecule has 1 unspecified atom stereocenters. The minimum Gasteiger partial charge on any atom is -0.368 e. The summed E-state index contributed by atoms with van der Waals surface area (Å²) in [6.07, 6.45) is 1.05. The molecule has 5 heteroatoms. The molecule has 0 aromatic heterocycles. The van der Waals surface area contributed by atoms with Crippen LogP contribution in [0.25, 0.3) is 0 Å². The highest BCUT2D eigenvalue weighted by Gasteiger charge is 2.24. The van der Waals surface area contributed by atoms with Gasteiger partial charge in [0.2, 0.25) is 0 Å². The number of nitrogens with zero attached hydrogens (tertiary/aromatic N) is 3. The first-order valence-corrected chi connectivity index (χ1v) is 9.32. The van der Waals surface area contributed by atoms with Crippen LogP contribution in [0.5, 0.6) is 0 Å². The van der Waals surface area contributed by atoms with Crippen molar-refractivity contribution in [3.63, 3.8) is 0 Å². The molecule has 0 amide bonds. The molecule has 130 valence electrons. The van der Waals surface area contributed by atoms with E-state index in [9.17, 15) is 0 Å². The zero-order valence-electron chi connectivity index (χ0n) is 14.3. The van der Waals surface area contributed by atoms with Crippen molar-refractivity contribution in [2.75, 3.05) is 31.1 Å². The van der Waals surface area contributed by atoms with Crippen LogP contribution in [0.1, 0.15) is 30.5 Å². The summed E-state index contributed by atoms with van der Waals surface area (Å²) in [5, 5.41) is 10.3. The molecule has 0 spiro atoms. The van der Waals surface area contributed by atoms with Gasteiger partial charge in [-0.25, -0.2) is 0 Å². The third-order valence-corrected chi connectivity index (χ3v) is 5.35. The second kappa shape index (κ2) is 8.10. The molecule has 0 bridgehead atoms. The van der Waals surface area contributed by atoms with Crippen molar-refractivity contribution in [3.8, 4) is 6.07 Å². The van der Waals surface area contributed by atoms with E-state index in [1.165, 1.54) is 5.56 Å². The molecule has 1 atom stereocenters. The first-order chi connectivity index (χ1) is 12.1. The summed E-state index contributed by atoms with van der Waals surface area (Å²) in [7, 11) is 0. The Hall–Kier alpha value is -1.73. The fourth-order valence-corrected chi connectivity index (χ4v) is 4.02. The van der Waals surface area contributed by atoms with Gasteiger partial charge >= 0.3 is 0 Å². The van der Waals surface area contributed by atoms with Gasteiger partial charge in [0.25, 0.3) is 0 Å². The monoisotopic (exact) mass is 373 g/mol. The van der Waals surface area contributed by atoms with Crippen molar-refractivity contribution in [3.05, 3.63) is 63.6 Å². The van der Waals surface area contributed by atoms with Crippen molar-refractivity contribution in [2.24, 2.45) is 0 Å². The Morgan fingerprint density at radius 3 is 2.28 bits per heavy atom. The van der Waals surface area contributed by atoms with E-state index in [0.717, 1.165) is 38.3 Å². The van der Waals surface area contributed by atoms with Crippen LogP contribution in [-0.2, 0) is 0 Å². The second-order valence-electron chi connectivity index (χ2n) is 6.28. The van der Waals surface area contributed by atoms with Crippen LogP contribution < -0.4 is 4.90 Å². The Morgan fingerprint density at radius 2 is 1.72 bits per heavy atom. The Morgan fingerprint density at radius 1 is 1.04 bits per heavy atom. The van der Waals surface area contributed by atoms with E-state index in [2.05, 4.69) is 34.9 Å². The molecule has 1 aliphatic heterocycles.